The predicted octanol–water partition coefficient (Wildman–Crippen LogP) is 3.62. The fourth-order valence-corrected chi connectivity index (χ4v) is 2.38. The summed E-state index contributed by atoms with van der Waals surface area (Å²) in [4.78, 5) is 2.01. The number of benzene rings is 2. The molecule has 0 heterocycles. The minimum Gasteiger partial charge on any atom is -0.409 e. The van der Waals surface area contributed by atoms with E-state index in [0.29, 0.717) is 5.56 Å². The zero-order chi connectivity index (χ0) is 14.7. The van der Waals surface area contributed by atoms with Gasteiger partial charge < -0.3 is 15.8 Å². The Kier molecular flexibility index (Phi) is 4.29. The van der Waals surface area contributed by atoms with Crippen molar-refractivity contribution in [2.45, 2.75) is 6.92 Å². The van der Waals surface area contributed by atoms with Gasteiger partial charge in [0.05, 0.1) is 5.69 Å². The van der Waals surface area contributed by atoms with E-state index in [4.69, 9.17) is 10.9 Å². The molecule has 0 spiro atoms. The lowest BCUT2D eigenvalue weighted by molar-refractivity contribution is 0.318. The number of amidine groups is 1. The molecule has 0 bridgehead atoms. The molecular weight excluding hydrogens is 318 g/mol. The average Bonchev–Trinajstić information content (AvgIpc) is 2.45. The number of hydrogen-bond donors (Lipinski definition) is 2. The minimum atomic E-state index is 0.0898. The monoisotopic (exact) mass is 333 g/mol. The van der Waals surface area contributed by atoms with Crippen molar-refractivity contribution < 1.29 is 5.21 Å². The maximum Gasteiger partial charge on any atom is 0.172 e. The van der Waals surface area contributed by atoms with Crippen LogP contribution in [0.2, 0.25) is 0 Å². The van der Waals surface area contributed by atoms with Crippen LogP contribution >= 0.6 is 15.9 Å². The van der Waals surface area contributed by atoms with Crippen molar-refractivity contribution in [2.75, 3.05) is 11.9 Å². The molecule has 0 aliphatic rings. The number of rotatable bonds is 3. The van der Waals surface area contributed by atoms with Crippen LogP contribution in [0.3, 0.4) is 0 Å². The van der Waals surface area contributed by atoms with Gasteiger partial charge in [0, 0.05) is 22.8 Å². The van der Waals surface area contributed by atoms with Crippen LogP contribution in [0, 0.1) is 6.92 Å². The Morgan fingerprint density at radius 2 is 2.00 bits per heavy atom. The topological polar surface area (TPSA) is 61.8 Å². The molecule has 5 heteroatoms. The summed E-state index contributed by atoms with van der Waals surface area (Å²) < 4.78 is 0.932. The second-order valence-electron chi connectivity index (χ2n) is 4.54. The van der Waals surface area contributed by atoms with Gasteiger partial charge in [-0.15, -0.1) is 0 Å². The van der Waals surface area contributed by atoms with E-state index in [0.717, 1.165) is 15.8 Å². The molecule has 0 atom stereocenters. The number of anilines is 2. The Hall–Kier alpha value is -2.01. The molecule has 2 rings (SSSR count). The zero-order valence-electron chi connectivity index (χ0n) is 11.3. The van der Waals surface area contributed by atoms with Crippen LogP contribution in [-0.2, 0) is 0 Å². The summed E-state index contributed by atoms with van der Waals surface area (Å²) in [6.07, 6.45) is 0. The molecule has 0 aliphatic carbocycles. The van der Waals surface area contributed by atoms with Crippen LogP contribution in [0.4, 0.5) is 11.4 Å². The van der Waals surface area contributed by atoms with Gasteiger partial charge in [-0.25, -0.2) is 0 Å². The van der Waals surface area contributed by atoms with E-state index in [-0.39, 0.29) is 5.84 Å². The minimum absolute atomic E-state index is 0.0898. The summed E-state index contributed by atoms with van der Waals surface area (Å²) in [6.45, 7) is 2.04. The number of halogens is 1. The number of hydrogen-bond acceptors (Lipinski definition) is 3. The Bertz CT molecular complexity index is 655. The van der Waals surface area contributed by atoms with E-state index in [1.807, 2.05) is 55.3 Å². The van der Waals surface area contributed by atoms with Gasteiger partial charge in [0.15, 0.2) is 5.84 Å². The molecule has 0 aromatic heterocycles. The summed E-state index contributed by atoms with van der Waals surface area (Å²) >= 11 is 3.45. The highest BCUT2D eigenvalue weighted by molar-refractivity contribution is 9.10. The number of oxime groups is 1. The van der Waals surface area contributed by atoms with Crippen LogP contribution in [0.1, 0.15) is 11.1 Å². The first-order chi connectivity index (χ1) is 9.52. The third-order valence-electron chi connectivity index (χ3n) is 3.09. The summed E-state index contributed by atoms with van der Waals surface area (Å²) in [7, 11) is 1.95. The van der Waals surface area contributed by atoms with Gasteiger partial charge >= 0.3 is 0 Å². The number of aryl methyl sites for hydroxylation is 1. The van der Waals surface area contributed by atoms with E-state index < -0.39 is 0 Å². The fraction of sp³-hybridized carbons (Fsp3) is 0.133. The van der Waals surface area contributed by atoms with Crippen molar-refractivity contribution in [1.29, 1.82) is 0 Å². The smallest absolute Gasteiger partial charge is 0.172 e. The third-order valence-corrected chi connectivity index (χ3v) is 3.59. The molecule has 0 amide bonds. The van der Waals surface area contributed by atoms with E-state index in [9.17, 15) is 0 Å². The molecule has 0 unspecified atom stereocenters. The molecule has 0 aliphatic heterocycles. The molecule has 3 N–H and O–H groups in total. The van der Waals surface area contributed by atoms with Crippen LogP contribution < -0.4 is 10.6 Å². The van der Waals surface area contributed by atoms with Gasteiger partial charge in [-0.1, -0.05) is 33.2 Å². The first-order valence-electron chi connectivity index (χ1n) is 6.11. The van der Waals surface area contributed by atoms with Gasteiger partial charge in [0.2, 0.25) is 0 Å². The van der Waals surface area contributed by atoms with Crippen molar-refractivity contribution >= 4 is 33.1 Å². The lowest BCUT2D eigenvalue weighted by atomic mass is 10.1. The van der Waals surface area contributed by atoms with Crippen LogP contribution in [-0.4, -0.2) is 18.1 Å². The molecule has 4 nitrogen and oxygen atoms in total. The molecule has 0 fully saturated rings. The molecule has 0 saturated carbocycles. The molecule has 0 radical (unpaired) electrons. The summed E-state index contributed by atoms with van der Waals surface area (Å²) in [6, 6.07) is 13.8. The first kappa shape index (κ1) is 14.4. The SMILES string of the molecule is Cc1cccc(N(C)c2cc(Br)ccc2/C(N)=N/O)c1. The van der Waals surface area contributed by atoms with E-state index >= 15 is 0 Å². The van der Waals surface area contributed by atoms with Crippen molar-refractivity contribution in [1.82, 2.24) is 0 Å². The highest BCUT2D eigenvalue weighted by atomic mass is 79.9. The van der Waals surface area contributed by atoms with Crippen molar-refractivity contribution in [3.63, 3.8) is 0 Å². The van der Waals surface area contributed by atoms with E-state index in [1.54, 1.807) is 0 Å². The molecule has 104 valence electrons. The first-order valence-corrected chi connectivity index (χ1v) is 6.90. The van der Waals surface area contributed by atoms with Crippen molar-refractivity contribution in [3.05, 3.63) is 58.1 Å². The van der Waals surface area contributed by atoms with E-state index in [2.05, 4.69) is 27.2 Å². The van der Waals surface area contributed by atoms with Crippen molar-refractivity contribution in [2.24, 2.45) is 10.9 Å². The third kappa shape index (κ3) is 2.93. The van der Waals surface area contributed by atoms with Crippen LogP contribution in [0.5, 0.6) is 0 Å². The van der Waals surface area contributed by atoms with Gasteiger partial charge in [-0.3, -0.25) is 0 Å². The zero-order valence-corrected chi connectivity index (χ0v) is 12.9. The van der Waals surface area contributed by atoms with Gasteiger partial charge in [0.25, 0.3) is 0 Å². The highest BCUT2D eigenvalue weighted by Gasteiger charge is 2.13. The lowest BCUT2D eigenvalue weighted by Crippen LogP contribution is -2.19. The Labute approximate surface area is 126 Å². The second kappa shape index (κ2) is 5.96. The Morgan fingerprint density at radius 3 is 2.65 bits per heavy atom. The number of nitrogens with zero attached hydrogens (tertiary/aromatic N) is 2. The van der Waals surface area contributed by atoms with Gasteiger partial charge in [0.1, 0.15) is 0 Å². The van der Waals surface area contributed by atoms with Crippen LogP contribution in [0.25, 0.3) is 0 Å². The Morgan fingerprint density at radius 1 is 1.25 bits per heavy atom. The van der Waals surface area contributed by atoms with Crippen molar-refractivity contribution in [3.8, 4) is 0 Å². The normalized spacial score (nSPS) is 11.4. The molecule has 2 aromatic carbocycles. The molecule has 2 aromatic rings. The summed E-state index contributed by atoms with van der Waals surface area (Å²) in [5, 5.41) is 12.0. The lowest BCUT2D eigenvalue weighted by Gasteiger charge is -2.23. The standard InChI is InChI=1S/C15H16BrN3O/c1-10-4-3-5-12(8-10)19(2)14-9-11(16)6-7-13(14)15(17)18-20/h3-9,20H,1-2H3,(H2,17,18). The van der Waals surface area contributed by atoms with Gasteiger partial charge in [-0.2, -0.15) is 0 Å². The molecular formula is C15H16BrN3O. The maximum atomic E-state index is 8.91. The molecule has 20 heavy (non-hydrogen) atoms. The quantitative estimate of drug-likeness (QED) is 0.390. The molecule has 0 saturated heterocycles. The fourth-order valence-electron chi connectivity index (χ4n) is 2.03. The van der Waals surface area contributed by atoms with Gasteiger partial charge in [-0.05, 0) is 42.8 Å². The van der Waals surface area contributed by atoms with E-state index in [1.165, 1.54) is 5.56 Å². The summed E-state index contributed by atoms with van der Waals surface area (Å²) in [5.41, 5.74) is 9.50. The Balaban J connectivity index is 2.53. The summed E-state index contributed by atoms with van der Waals surface area (Å²) in [5.74, 6) is 0.0898. The average molecular weight is 334 g/mol. The second-order valence-corrected chi connectivity index (χ2v) is 5.46. The van der Waals surface area contributed by atoms with Crippen LogP contribution in [0.15, 0.2) is 52.1 Å². The maximum absolute atomic E-state index is 8.91. The largest absolute Gasteiger partial charge is 0.409 e. The predicted molar refractivity (Wildman–Crippen MR) is 85.9 cm³/mol. The number of nitrogens with two attached hydrogens (primary N) is 1. The highest BCUT2D eigenvalue weighted by Crippen LogP contribution is 2.30.